The van der Waals surface area contributed by atoms with Crippen LogP contribution in [-0.4, -0.2) is 61.2 Å². The Morgan fingerprint density at radius 2 is 1.94 bits per heavy atom. The molecule has 4 rings (SSSR count). The number of ether oxygens (including phenoxy) is 3. The molecule has 1 fully saturated rings. The first kappa shape index (κ1) is 21.9. The van der Waals surface area contributed by atoms with Crippen LogP contribution in [0.3, 0.4) is 0 Å². The predicted molar refractivity (Wildman–Crippen MR) is 120 cm³/mol. The molecular formula is C25H26N2O5. The first-order valence-electron chi connectivity index (χ1n) is 10.6. The Morgan fingerprint density at radius 3 is 2.75 bits per heavy atom. The van der Waals surface area contributed by atoms with Crippen LogP contribution in [0.25, 0.3) is 10.9 Å². The van der Waals surface area contributed by atoms with Gasteiger partial charge in [-0.15, -0.1) is 0 Å². The SMILES string of the molecule is COC(=O)CC(=O)c1ccc(OCC2CN(Cc3ccnc4ccccc34)CCO2)cc1. The summed E-state index contributed by atoms with van der Waals surface area (Å²) in [5.74, 6) is -0.173. The molecule has 0 aliphatic carbocycles. The number of benzene rings is 2. The second kappa shape index (κ2) is 10.3. The van der Waals surface area contributed by atoms with Crippen molar-refractivity contribution < 1.29 is 23.8 Å². The number of para-hydroxylation sites is 1. The monoisotopic (exact) mass is 434 g/mol. The van der Waals surface area contributed by atoms with E-state index in [1.165, 1.54) is 18.1 Å². The largest absolute Gasteiger partial charge is 0.491 e. The van der Waals surface area contributed by atoms with E-state index in [4.69, 9.17) is 9.47 Å². The Kier molecular flexibility index (Phi) is 7.09. The van der Waals surface area contributed by atoms with E-state index in [0.717, 1.165) is 25.2 Å². The number of methoxy groups -OCH3 is 1. The van der Waals surface area contributed by atoms with Gasteiger partial charge in [-0.2, -0.15) is 0 Å². The quantitative estimate of drug-likeness (QED) is 0.306. The Hall–Kier alpha value is -3.29. The fraction of sp³-hybridized carbons (Fsp3) is 0.320. The zero-order valence-electron chi connectivity index (χ0n) is 18.0. The molecule has 2 heterocycles. The molecular weight excluding hydrogens is 408 g/mol. The molecule has 3 aromatic rings. The minimum atomic E-state index is -0.547. The number of aromatic nitrogens is 1. The second-order valence-electron chi connectivity index (χ2n) is 7.73. The van der Waals surface area contributed by atoms with Crippen molar-refractivity contribution >= 4 is 22.7 Å². The van der Waals surface area contributed by atoms with E-state index in [1.54, 1.807) is 24.3 Å². The molecule has 0 amide bonds. The molecule has 32 heavy (non-hydrogen) atoms. The van der Waals surface area contributed by atoms with Crippen molar-refractivity contribution in [1.82, 2.24) is 9.88 Å². The number of hydrogen-bond donors (Lipinski definition) is 0. The number of pyridine rings is 1. The van der Waals surface area contributed by atoms with Crippen LogP contribution >= 0.6 is 0 Å². The molecule has 7 nitrogen and oxygen atoms in total. The standard InChI is InChI=1S/C25H26N2O5/c1-30-25(29)14-24(28)18-6-8-20(9-7-18)32-17-21-16-27(12-13-31-21)15-19-10-11-26-23-5-3-2-4-22(19)23/h2-11,21H,12-17H2,1H3. The number of esters is 1. The average molecular weight is 434 g/mol. The molecule has 0 N–H and O–H groups in total. The highest BCUT2D eigenvalue weighted by molar-refractivity contribution is 6.05. The zero-order valence-corrected chi connectivity index (χ0v) is 18.0. The maximum atomic E-state index is 12.0. The van der Waals surface area contributed by atoms with E-state index < -0.39 is 5.97 Å². The Balaban J connectivity index is 1.31. The smallest absolute Gasteiger partial charge is 0.313 e. The average Bonchev–Trinajstić information content (AvgIpc) is 2.83. The number of fused-ring (bicyclic) bond motifs is 1. The molecule has 1 aliphatic rings. The third-order valence-corrected chi connectivity index (χ3v) is 5.50. The third-order valence-electron chi connectivity index (χ3n) is 5.50. The topological polar surface area (TPSA) is 78.0 Å². The van der Waals surface area contributed by atoms with Crippen LogP contribution < -0.4 is 4.74 Å². The maximum absolute atomic E-state index is 12.0. The van der Waals surface area contributed by atoms with Gasteiger partial charge < -0.3 is 14.2 Å². The first-order valence-corrected chi connectivity index (χ1v) is 10.6. The number of carbonyl (C=O) groups is 2. The van der Waals surface area contributed by atoms with Gasteiger partial charge in [0, 0.05) is 36.8 Å². The number of rotatable bonds is 8. The number of ketones is 1. The molecule has 0 bridgehead atoms. The summed E-state index contributed by atoms with van der Waals surface area (Å²) in [6.07, 6.45) is 1.55. The van der Waals surface area contributed by atoms with Gasteiger partial charge in [0.25, 0.3) is 0 Å². The number of hydrogen-bond acceptors (Lipinski definition) is 7. The van der Waals surface area contributed by atoms with Crippen molar-refractivity contribution in [3.05, 3.63) is 71.9 Å². The summed E-state index contributed by atoms with van der Waals surface area (Å²) in [5.41, 5.74) is 2.71. The minimum absolute atomic E-state index is 0.0440. The molecule has 7 heteroatoms. The molecule has 1 aromatic heterocycles. The summed E-state index contributed by atoms with van der Waals surface area (Å²) in [5, 5.41) is 1.18. The second-order valence-corrected chi connectivity index (χ2v) is 7.73. The van der Waals surface area contributed by atoms with E-state index >= 15 is 0 Å². The zero-order chi connectivity index (χ0) is 22.3. The van der Waals surface area contributed by atoms with Gasteiger partial charge in [-0.25, -0.2) is 0 Å². The molecule has 1 saturated heterocycles. The molecule has 1 atom stereocenters. The summed E-state index contributed by atoms with van der Waals surface area (Å²) in [4.78, 5) is 30.1. The van der Waals surface area contributed by atoms with Crippen LogP contribution in [0.2, 0.25) is 0 Å². The van der Waals surface area contributed by atoms with Crippen molar-refractivity contribution in [2.45, 2.75) is 19.1 Å². The van der Waals surface area contributed by atoms with Crippen LogP contribution in [0.4, 0.5) is 0 Å². The van der Waals surface area contributed by atoms with Gasteiger partial charge in [0.1, 0.15) is 24.9 Å². The van der Waals surface area contributed by atoms with Gasteiger partial charge in [0.15, 0.2) is 5.78 Å². The molecule has 1 unspecified atom stereocenters. The highest BCUT2D eigenvalue weighted by Gasteiger charge is 2.22. The summed E-state index contributed by atoms with van der Waals surface area (Å²) in [6.45, 7) is 3.54. The number of Topliss-reactive ketones (excluding diaryl/α,β-unsaturated/α-hetero) is 1. The summed E-state index contributed by atoms with van der Waals surface area (Å²) in [7, 11) is 1.26. The van der Waals surface area contributed by atoms with Gasteiger partial charge >= 0.3 is 5.97 Å². The summed E-state index contributed by atoms with van der Waals surface area (Å²) < 4.78 is 16.3. The predicted octanol–water partition coefficient (Wildman–Crippen LogP) is 3.26. The van der Waals surface area contributed by atoms with Crippen LogP contribution in [-0.2, 0) is 20.8 Å². The molecule has 0 radical (unpaired) electrons. The lowest BCUT2D eigenvalue weighted by atomic mass is 10.1. The van der Waals surface area contributed by atoms with E-state index in [1.807, 2.05) is 24.4 Å². The highest BCUT2D eigenvalue weighted by Crippen LogP contribution is 2.20. The fourth-order valence-electron chi connectivity index (χ4n) is 3.79. The molecule has 0 spiro atoms. The lowest BCUT2D eigenvalue weighted by Crippen LogP contribution is -2.44. The Labute approximate surface area is 186 Å². The van der Waals surface area contributed by atoms with Crippen molar-refractivity contribution in [3.8, 4) is 5.75 Å². The molecule has 0 saturated carbocycles. The van der Waals surface area contributed by atoms with Crippen LogP contribution in [0, 0.1) is 0 Å². The van der Waals surface area contributed by atoms with Gasteiger partial charge in [-0.3, -0.25) is 19.5 Å². The third kappa shape index (κ3) is 5.49. The molecule has 2 aromatic carbocycles. The first-order chi connectivity index (χ1) is 15.6. The lowest BCUT2D eigenvalue weighted by Gasteiger charge is -2.33. The summed E-state index contributed by atoms with van der Waals surface area (Å²) in [6, 6.07) is 17.0. The fourth-order valence-corrected chi connectivity index (χ4v) is 3.79. The van der Waals surface area contributed by atoms with Crippen LogP contribution in [0.1, 0.15) is 22.3 Å². The van der Waals surface area contributed by atoms with Gasteiger partial charge in [0.05, 0.1) is 19.2 Å². The molecule has 166 valence electrons. The normalized spacial score (nSPS) is 16.6. The van der Waals surface area contributed by atoms with Crippen molar-refractivity contribution in [3.63, 3.8) is 0 Å². The van der Waals surface area contributed by atoms with E-state index in [-0.39, 0.29) is 18.3 Å². The van der Waals surface area contributed by atoms with Crippen molar-refractivity contribution in [2.75, 3.05) is 33.4 Å². The van der Waals surface area contributed by atoms with E-state index in [2.05, 4.69) is 26.8 Å². The number of nitrogens with zero attached hydrogens (tertiary/aromatic N) is 2. The van der Waals surface area contributed by atoms with E-state index in [0.29, 0.717) is 24.5 Å². The van der Waals surface area contributed by atoms with Crippen molar-refractivity contribution in [1.29, 1.82) is 0 Å². The highest BCUT2D eigenvalue weighted by atomic mass is 16.5. The molecule has 1 aliphatic heterocycles. The number of carbonyl (C=O) groups excluding carboxylic acids is 2. The Morgan fingerprint density at radius 1 is 1.12 bits per heavy atom. The van der Waals surface area contributed by atoms with Gasteiger partial charge in [-0.1, -0.05) is 18.2 Å². The van der Waals surface area contributed by atoms with E-state index in [9.17, 15) is 9.59 Å². The minimum Gasteiger partial charge on any atom is -0.491 e. The van der Waals surface area contributed by atoms with Gasteiger partial charge in [0.2, 0.25) is 0 Å². The summed E-state index contributed by atoms with van der Waals surface area (Å²) >= 11 is 0. The number of morpholine rings is 1. The van der Waals surface area contributed by atoms with Crippen LogP contribution in [0.5, 0.6) is 5.75 Å². The maximum Gasteiger partial charge on any atom is 0.313 e. The van der Waals surface area contributed by atoms with Gasteiger partial charge in [-0.05, 0) is 42.0 Å². The lowest BCUT2D eigenvalue weighted by molar-refractivity contribution is -0.139. The Bertz CT molecular complexity index is 1080. The van der Waals surface area contributed by atoms with Crippen LogP contribution in [0.15, 0.2) is 60.8 Å². The van der Waals surface area contributed by atoms with Crippen molar-refractivity contribution in [2.24, 2.45) is 0 Å².